The molecular formula is C16H24BrNO2. The van der Waals surface area contributed by atoms with Crippen molar-refractivity contribution in [3.63, 3.8) is 0 Å². The number of nitrogens with one attached hydrogen (secondary N) is 1. The zero-order valence-electron chi connectivity index (χ0n) is 12.7. The van der Waals surface area contributed by atoms with Gasteiger partial charge in [0.25, 0.3) is 0 Å². The molecule has 0 aromatic heterocycles. The molecule has 1 heterocycles. The Morgan fingerprint density at radius 3 is 2.80 bits per heavy atom. The predicted octanol–water partition coefficient (Wildman–Crippen LogP) is 3.92. The summed E-state index contributed by atoms with van der Waals surface area (Å²) in [5.41, 5.74) is 1.27. The van der Waals surface area contributed by atoms with Crippen molar-refractivity contribution in [1.29, 1.82) is 0 Å². The third-order valence-corrected chi connectivity index (χ3v) is 4.10. The summed E-state index contributed by atoms with van der Waals surface area (Å²) in [6.45, 7) is 8.35. The summed E-state index contributed by atoms with van der Waals surface area (Å²) in [4.78, 5) is 0. The van der Waals surface area contributed by atoms with E-state index in [0.717, 1.165) is 35.4 Å². The first-order chi connectivity index (χ1) is 9.40. The third kappa shape index (κ3) is 3.96. The molecule has 2 rings (SSSR count). The second-order valence-corrected chi connectivity index (χ2v) is 7.27. The molecule has 1 aromatic rings. The van der Waals surface area contributed by atoms with Gasteiger partial charge in [-0.25, -0.2) is 0 Å². The van der Waals surface area contributed by atoms with E-state index >= 15 is 0 Å². The highest BCUT2D eigenvalue weighted by Crippen LogP contribution is 2.40. The van der Waals surface area contributed by atoms with Gasteiger partial charge in [-0.05, 0) is 45.4 Å². The Morgan fingerprint density at radius 1 is 1.40 bits per heavy atom. The summed E-state index contributed by atoms with van der Waals surface area (Å²) in [7, 11) is 1.71. The molecule has 0 aliphatic carbocycles. The summed E-state index contributed by atoms with van der Waals surface area (Å²) >= 11 is 3.54. The van der Waals surface area contributed by atoms with Crippen LogP contribution in [0.4, 0.5) is 0 Å². The standard InChI is InChI=1S/C16H24BrNO2/c1-16(2,3)18-10-11-7-8-20-15(11)13-9-12(17)5-6-14(13)19-4/h5-6,9,11,15,18H,7-8,10H2,1-4H3. The zero-order chi connectivity index (χ0) is 14.8. The first-order valence-electron chi connectivity index (χ1n) is 7.11. The highest BCUT2D eigenvalue weighted by molar-refractivity contribution is 9.10. The Bertz CT molecular complexity index is 456. The van der Waals surface area contributed by atoms with Gasteiger partial charge >= 0.3 is 0 Å². The molecule has 0 saturated carbocycles. The van der Waals surface area contributed by atoms with E-state index in [1.54, 1.807) is 7.11 Å². The van der Waals surface area contributed by atoms with E-state index in [1.807, 2.05) is 12.1 Å². The van der Waals surface area contributed by atoms with Gasteiger partial charge in [-0.15, -0.1) is 0 Å². The Labute approximate surface area is 130 Å². The van der Waals surface area contributed by atoms with Crippen LogP contribution in [-0.4, -0.2) is 25.8 Å². The van der Waals surface area contributed by atoms with Crippen molar-refractivity contribution < 1.29 is 9.47 Å². The molecule has 1 fully saturated rings. The van der Waals surface area contributed by atoms with Crippen LogP contribution in [0.25, 0.3) is 0 Å². The topological polar surface area (TPSA) is 30.5 Å². The zero-order valence-corrected chi connectivity index (χ0v) is 14.3. The van der Waals surface area contributed by atoms with Gasteiger partial charge in [0, 0.05) is 34.6 Å². The number of halogens is 1. The van der Waals surface area contributed by atoms with Crippen LogP contribution in [0, 0.1) is 5.92 Å². The maximum atomic E-state index is 5.97. The smallest absolute Gasteiger partial charge is 0.124 e. The molecular weight excluding hydrogens is 318 g/mol. The summed E-state index contributed by atoms with van der Waals surface area (Å²) in [6, 6.07) is 6.11. The molecule has 1 aliphatic rings. The Hall–Kier alpha value is -0.580. The van der Waals surface area contributed by atoms with Crippen molar-refractivity contribution in [3.8, 4) is 5.75 Å². The van der Waals surface area contributed by atoms with Crippen LogP contribution in [0.15, 0.2) is 22.7 Å². The largest absolute Gasteiger partial charge is 0.496 e. The first kappa shape index (κ1) is 15.8. The van der Waals surface area contributed by atoms with E-state index in [9.17, 15) is 0 Å². The highest BCUT2D eigenvalue weighted by Gasteiger charge is 2.32. The average molecular weight is 342 g/mol. The summed E-state index contributed by atoms with van der Waals surface area (Å²) in [6.07, 6.45) is 1.20. The number of ether oxygens (including phenoxy) is 2. The SMILES string of the molecule is COc1ccc(Br)cc1C1OCCC1CNC(C)(C)C. The fraction of sp³-hybridized carbons (Fsp3) is 0.625. The van der Waals surface area contributed by atoms with Gasteiger partial charge in [0.2, 0.25) is 0 Å². The molecule has 0 amide bonds. The Morgan fingerprint density at radius 2 is 2.15 bits per heavy atom. The summed E-state index contributed by atoms with van der Waals surface area (Å²) < 4.78 is 12.5. The first-order valence-corrected chi connectivity index (χ1v) is 7.90. The predicted molar refractivity (Wildman–Crippen MR) is 85.2 cm³/mol. The molecule has 1 N–H and O–H groups in total. The summed E-state index contributed by atoms with van der Waals surface area (Å²) in [5.74, 6) is 1.39. The lowest BCUT2D eigenvalue weighted by Crippen LogP contribution is -2.39. The molecule has 0 spiro atoms. The van der Waals surface area contributed by atoms with Crippen molar-refractivity contribution in [2.45, 2.75) is 38.8 Å². The molecule has 2 unspecified atom stereocenters. The van der Waals surface area contributed by atoms with Crippen LogP contribution < -0.4 is 10.1 Å². The van der Waals surface area contributed by atoms with Crippen LogP contribution in [0.1, 0.15) is 38.9 Å². The van der Waals surface area contributed by atoms with E-state index in [1.165, 1.54) is 0 Å². The van der Waals surface area contributed by atoms with Crippen LogP contribution in [0.3, 0.4) is 0 Å². The fourth-order valence-electron chi connectivity index (χ4n) is 2.55. The van der Waals surface area contributed by atoms with Crippen molar-refractivity contribution in [3.05, 3.63) is 28.2 Å². The quantitative estimate of drug-likeness (QED) is 0.900. The van der Waals surface area contributed by atoms with Crippen molar-refractivity contribution >= 4 is 15.9 Å². The van der Waals surface area contributed by atoms with E-state index < -0.39 is 0 Å². The molecule has 0 bridgehead atoms. The molecule has 1 saturated heterocycles. The average Bonchev–Trinajstić information content (AvgIpc) is 2.83. The third-order valence-electron chi connectivity index (χ3n) is 3.61. The Kier molecular flexibility index (Phi) is 5.10. The fourth-order valence-corrected chi connectivity index (χ4v) is 2.93. The normalized spacial score (nSPS) is 23.1. The molecule has 4 heteroatoms. The number of hydrogen-bond acceptors (Lipinski definition) is 3. The maximum absolute atomic E-state index is 5.97. The minimum Gasteiger partial charge on any atom is -0.496 e. The molecule has 2 atom stereocenters. The van der Waals surface area contributed by atoms with Gasteiger partial charge in [-0.3, -0.25) is 0 Å². The monoisotopic (exact) mass is 341 g/mol. The van der Waals surface area contributed by atoms with E-state index in [2.05, 4.69) is 48.1 Å². The minimum absolute atomic E-state index is 0.109. The van der Waals surface area contributed by atoms with Crippen LogP contribution in [0.5, 0.6) is 5.75 Å². The van der Waals surface area contributed by atoms with Gasteiger partial charge in [0.15, 0.2) is 0 Å². The highest BCUT2D eigenvalue weighted by atomic mass is 79.9. The lowest BCUT2D eigenvalue weighted by atomic mass is 9.93. The lowest BCUT2D eigenvalue weighted by molar-refractivity contribution is 0.0866. The molecule has 1 aromatic carbocycles. The molecule has 1 aliphatic heterocycles. The van der Waals surface area contributed by atoms with Crippen molar-refractivity contribution in [1.82, 2.24) is 5.32 Å². The lowest BCUT2D eigenvalue weighted by Gasteiger charge is -2.26. The maximum Gasteiger partial charge on any atom is 0.124 e. The number of benzene rings is 1. The van der Waals surface area contributed by atoms with Gasteiger partial charge in [-0.2, -0.15) is 0 Å². The van der Waals surface area contributed by atoms with Crippen molar-refractivity contribution in [2.75, 3.05) is 20.3 Å². The van der Waals surface area contributed by atoms with E-state index in [-0.39, 0.29) is 11.6 Å². The number of rotatable bonds is 4. The summed E-state index contributed by atoms with van der Waals surface area (Å²) in [5, 5.41) is 3.58. The van der Waals surface area contributed by atoms with Crippen molar-refractivity contribution in [2.24, 2.45) is 5.92 Å². The second kappa shape index (κ2) is 6.46. The van der Waals surface area contributed by atoms with Gasteiger partial charge in [0.1, 0.15) is 5.75 Å². The molecule has 112 valence electrons. The number of hydrogen-bond donors (Lipinski definition) is 1. The Balaban J connectivity index is 2.16. The molecule has 0 radical (unpaired) electrons. The molecule has 3 nitrogen and oxygen atoms in total. The van der Waals surface area contributed by atoms with Crippen LogP contribution >= 0.6 is 15.9 Å². The van der Waals surface area contributed by atoms with Gasteiger partial charge in [0.05, 0.1) is 13.2 Å². The minimum atomic E-state index is 0.109. The molecule has 20 heavy (non-hydrogen) atoms. The van der Waals surface area contributed by atoms with Crippen LogP contribution in [-0.2, 0) is 4.74 Å². The van der Waals surface area contributed by atoms with E-state index in [0.29, 0.717) is 5.92 Å². The van der Waals surface area contributed by atoms with Gasteiger partial charge in [-0.1, -0.05) is 15.9 Å². The van der Waals surface area contributed by atoms with Crippen LogP contribution in [0.2, 0.25) is 0 Å². The number of methoxy groups -OCH3 is 1. The van der Waals surface area contributed by atoms with Gasteiger partial charge < -0.3 is 14.8 Å². The van der Waals surface area contributed by atoms with E-state index in [4.69, 9.17) is 9.47 Å². The second-order valence-electron chi connectivity index (χ2n) is 6.36.